The van der Waals surface area contributed by atoms with Crippen LogP contribution in [0.5, 0.6) is 0 Å². The minimum atomic E-state index is 0.0718. The number of nitrogens with zero attached hydrogens (tertiary/aromatic N) is 3. The summed E-state index contributed by atoms with van der Waals surface area (Å²) in [5, 5.41) is 4.51. The van der Waals surface area contributed by atoms with Crippen molar-refractivity contribution in [2.24, 2.45) is 0 Å². The summed E-state index contributed by atoms with van der Waals surface area (Å²) in [6, 6.07) is 2.05. The Morgan fingerprint density at radius 3 is 2.18 bits per heavy atom. The van der Waals surface area contributed by atoms with E-state index in [1.165, 1.54) is 11.3 Å². The van der Waals surface area contributed by atoms with Gasteiger partial charge in [0.1, 0.15) is 0 Å². The van der Waals surface area contributed by atoms with Gasteiger partial charge in [-0.3, -0.25) is 0 Å². The SMILES string of the molecule is CC(C)(C)c1cnn2c(C(C)(C)C)ccnc12. The first-order chi connectivity index (χ1) is 7.71. The van der Waals surface area contributed by atoms with Gasteiger partial charge in [0.15, 0.2) is 5.65 Å². The van der Waals surface area contributed by atoms with E-state index in [9.17, 15) is 0 Å². The molecule has 2 heterocycles. The minimum Gasteiger partial charge on any atom is -0.237 e. The first-order valence-electron chi connectivity index (χ1n) is 6.05. The highest BCUT2D eigenvalue weighted by molar-refractivity contribution is 5.51. The molecule has 0 saturated heterocycles. The predicted octanol–water partition coefficient (Wildman–Crippen LogP) is 3.32. The quantitative estimate of drug-likeness (QED) is 0.696. The van der Waals surface area contributed by atoms with Crippen LogP contribution < -0.4 is 0 Å². The van der Waals surface area contributed by atoms with Gasteiger partial charge in [0.2, 0.25) is 0 Å². The molecule has 0 amide bonds. The first kappa shape index (κ1) is 12.1. The van der Waals surface area contributed by atoms with Gasteiger partial charge < -0.3 is 0 Å². The molecule has 0 bridgehead atoms. The van der Waals surface area contributed by atoms with Crippen molar-refractivity contribution in [2.75, 3.05) is 0 Å². The van der Waals surface area contributed by atoms with Crippen LogP contribution in [0.25, 0.3) is 5.65 Å². The third-order valence-corrected chi connectivity index (χ3v) is 2.98. The zero-order chi connectivity index (χ0) is 12.8. The van der Waals surface area contributed by atoms with Crippen molar-refractivity contribution in [1.82, 2.24) is 14.6 Å². The maximum Gasteiger partial charge on any atom is 0.158 e. The molecular weight excluding hydrogens is 210 g/mol. The van der Waals surface area contributed by atoms with Gasteiger partial charge in [0, 0.05) is 17.2 Å². The largest absolute Gasteiger partial charge is 0.237 e. The Labute approximate surface area is 103 Å². The zero-order valence-electron chi connectivity index (χ0n) is 11.6. The highest BCUT2D eigenvalue weighted by Gasteiger charge is 2.23. The van der Waals surface area contributed by atoms with Gasteiger partial charge in [-0.1, -0.05) is 41.5 Å². The molecule has 2 rings (SSSR count). The van der Waals surface area contributed by atoms with Gasteiger partial charge in [0.25, 0.3) is 0 Å². The Bertz CT molecular complexity index is 539. The standard InChI is InChI=1S/C14H21N3/c1-13(2,3)10-9-16-17-11(14(4,5)6)7-8-15-12(10)17/h7-9H,1-6H3. The molecule has 0 fully saturated rings. The minimum absolute atomic E-state index is 0.0718. The molecule has 0 aliphatic carbocycles. The maximum absolute atomic E-state index is 4.51. The van der Waals surface area contributed by atoms with Gasteiger partial charge in [-0.25, -0.2) is 9.50 Å². The van der Waals surface area contributed by atoms with E-state index in [-0.39, 0.29) is 10.8 Å². The van der Waals surface area contributed by atoms with Gasteiger partial charge in [-0.2, -0.15) is 5.10 Å². The lowest BCUT2D eigenvalue weighted by molar-refractivity contribution is 0.546. The van der Waals surface area contributed by atoms with Crippen molar-refractivity contribution in [2.45, 2.75) is 52.4 Å². The van der Waals surface area contributed by atoms with E-state index in [1.54, 1.807) is 0 Å². The van der Waals surface area contributed by atoms with Gasteiger partial charge >= 0.3 is 0 Å². The van der Waals surface area contributed by atoms with Crippen molar-refractivity contribution >= 4 is 5.65 Å². The summed E-state index contributed by atoms with van der Waals surface area (Å²) < 4.78 is 1.97. The predicted molar refractivity (Wildman–Crippen MR) is 70.4 cm³/mol. The van der Waals surface area contributed by atoms with Crippen molar-refractivity contribution in [1.29, 1.82) is 0 Å². The number of fused-ring (bicyclic) bond motifs is 1. The van der Waals surface area contributed by atoms with Gasteiger partial charge in [-0.05, 0) is 11.5 Å². The lowest BCUT2D eigenvalue weighted by Gasteiger charge is -2.20. The van der Waals surface area contributed by atoms with E-state index < -0.39 is 0 Å². The number of rotatable bonds is 0. The van der Waals surface area contributed by atoms with E-state index >= 15 is 0 Å². The molecule has 92 valence electrons. The normalized spacial score (nSPS) is 13.3. The van der Waals surface area contributed by atoms with E-state index in [2.05, 4.69) is 51.6 Å². The Balaban J connectivity index is 2.74. The molecular formula is C14H21N3. The Morgan fingerprint density at radius 1 is 1.00 bits per heavy atom. The van der Waals surface area contributed by atoms with Crippen LogP contribution in [0.15, 0.2) is 18.5 Å². The number of aromatic nitrogens is 3. The highest BCUT2D eigenvalue weighted by atomic mass is 15.3. The smallest absolute Gasteiger partial charge is 0.158 e. The fraction of sp³-hybridized carbons (Fsp3) is 0.571. The van der Waals surface area contributed by atoms with E-state index in [4.69, 9.17) is 0 Å². The highest BCUT2D eigenvalue weighted by Crippen LogP contribution is 2.28. The lowest BCUT2D eigenvalue weighted by atomic mass is 9.88. The topological polar surface area (TPSA) is 30.2 Å². The third-order valence-electron chi connectivity index (χ3n) is 2.98. The van der Waals surface area contributed by atoms with Crippen LogP contribution in [0.2, 0.25) is 0 Å². The maximum atomic E-state index is 4.51. The van der Waals surface area contributed by atoms with Crippen LogP contribution in [0.1, 0.15) is 52.8 Å². The second-order valence-electron chi connectivity index (χ2n) is 6.62. The Hall–Kier alpha value is -1.38. The van der Waals surface area contributed by atoms with Crippen LogP contribution in [0, 0.1) is 0 Å². The lowest BCUT2D eigenvalue weighted by Crippen LogP contribution is -2.18. The molecule has 0 aliphatic heterocycles. The summed E-state index contributed by atoms with van der Waals surface area (Å²) in [6.45, 7) is 13.2. The summed E-state index contributed by atoms with van der Waals surface area (Å²) in [5.74, 6) is 0. The second kappa shape index (κ2) is 3.56. The van der Waals surface area contributed by atoms with E-state index in [0.29, 0.717) is 0 Å². The third kappa shape index (κ3) is 2.06. The van der Waals surface area contributed by atoms with Crippen LogP contribution in [-0.4, -0.2) is 14.6 Å². The zero-order valence-corrected chi connectivity index (χ0v) is 11.6. The molecule has 3 heteroatoms. The van der Waals surface area contributed by atoms with Crippen LogP contribution in [0.3, 0.4) is 0 Å². The molecule has 17 heavy (non-hydrogen) atoms. The molecule has 2 aromatic rings. The average Bonchev–Trinajstić information content (AvgIpc) is 2.57. The van der Waals surface area contributed by atoms with Crippen molar-refractivity contribution in [3.8, 4) is 0 Å². The first-order valence-corrected chi connectivity index (χ1v) is 6.05. The monoisotopic (exact) mass is 231 g/mol. The summed E-state index contributed by atoms with van der Waals surface area (Å²) in [5.41, 5.74) is 3.51. The summed E-state index contributed by atoms with van der Waals surface area (Å²) in [4.78, 5) is 4.48. The molecule has 0 aliphatic rings. The van der Waals surface area contributed by atoms with Crippen molar-refractivity contribution in [3.63, 3.8) is 0 Å². The Kier molecular flexibility index (Phi) is 2.53. The van der Waals surface area contributed by atoms with Crippen molar-refractivity contribution in [3.05, 3.63) is 29.7 Å². The molecule has 0 radical (unpaired) electrons. The van der Waals surface area contributed by atoms with Gasteiger partial charge in [-0.15, -0.1) is 0 Å². The average molecular weight is 231 g/mol. The number of hydrogen-bond donors (Lipinski definition) is 0. The molecule has 0 N–H and O–H groups in total. The summed E-state index contributed by atoms with van der Waals surface area (Å²) in [7, 11) is 0. The fourth-order valence-electron chi connectivity index (χ4n) is 1.99. The number of hydrogen-bond acceptors (Lipinski definition) is 2. The Morgan fingerprint density at radius 2 is 1.65 bits per heavy atom. The molecule has 0 unspecified atom stereocenters. The van der Waals surface area contributed by atoms with E-state index in [1.807, 2.05) is 23.0 Å². The van der Waals surface area contributed by atoms with E-state index in [0.717, 1.165) is 5.65 Å². The summed E-state index contributed by atoms with van der Waals surface area (Å²) in [6.07, 6.45) is 3.82. The van der Waals surface area contributed by atoms with Crippen molar-refractivity contribution < 1.29 is 0 Å². The second-order valence-corrected chi connectivity index (χ2v) is 6.62. The van der Waals surface area contributed by atoms with Crippen LogP contribution in [-0.2, 0) is 10.8 Å². The van der Waals surface area contributed by atoms with Crippen LogP contribution >= 0.6 is 0 Å². The van der Waals surface area contributed by atoms with Gasteiger partial charge in [0.05, 0.1) is 11.9 Å². The molecule has 0 saturated carbocycles. The molecule has 0 atom stereocenters. The molecule has 3 nitrogen and oxygen atoms in total. The fourth-order valence-corrected chi connectivity index (χ4v) is 1.99. The molecule has 0 spiro atoms. The van der Waals surface area contributed by atoms with Crippen LogP contribution in [0.4, 0.5) is 0 Å². The summed E-state index contributed by atoms with van der Waals surface area (Å²) >= 11 is 0. The molecule has 2 aromatic heterocycles. The molecule has 0 aromatic carbocycles.